The van der Waals surface area contributed by atoms with Gasteiger partial charge in [-0.2, -0.15) is 0 Å². The van der Waals surface area contributed by atoms with Gasteiger partial charge in [-0.25, -0.2) is 9.59 Å². The third-order valence-electron chi connectivity index (χ3n) is 2.58. The summed E-state index contributed by atoms with van der Waals surface area (Å²) >= 11 is 0. The summed E-state index contributed by atoms with van der Waals surface area (Å²) in [7, 11) is 2.11. The maximum Gasteiger partial charge on any atom is 0.515 e. The first kappa shape index (κ1) is 13.9. The lowest BCUT2D eigenvalue weighted by atomic mass is 9.74. The summed E-state index contributed by atoms with van der Waals surface area (Å²) in [5, 5.41) is 0. The Morgan fingerprint density at radius 3 is 1.33 bits per heavy atom. The van der Waals surface area contributed by atoms with Crippen LogP contribution in [0.1, 0.15) is 12.8 Å². The van der Waals surface area contributed by atoms with Gasteiger partial charge in [-0.05, 0) is 12.8 Å². The number of methoxy groups -OCH3 is 2. The third kappa shape index (κ3) is 3.19. The molecule has 0 aromatic rings. The van der Waals surface area contributed by atoms with Crippen molar-refractivity contribution in [3.05, 3.63) is 0 Å². The van der Waals surface area contributed by atoms with Gasteiger partial charge < -0.3 is 18.9 Å². The SMILES string of the molecule is COC(=O)OC(=O)C1CCC1C(=O)OC(=O)OC. The molecule has 1 saturated carbocycles. The van der Waals surface area contributed by atoms with E-state index in [9.17, 15) is 19.2 Å². The van der Waals surface area contributed by atoms with Crippen molar-refractivity contribution in [3.8, 4) is 0 Å². The zero-order chi connectivity index (χ0) is 13.7. The second-order valence-corrected chi connectivity index (χ2v) is 3.54. The summed E-state index contributed by atoms with van der Waals surface area (Å²) in [5.74, 6) is -3.36. The van der Waals surface area contributed by atoms with E-state index in [0.29, 0.717) is 12.8 Å². The molecule has 0 amide bonds. The molecule has 0 N–H and O–H groups in total. The first-order chi connectivity index (χ1) is 8.49. The molecular formula is C10H12O8. The van der Waals surface area contributed by atoms with Crippen LogP contribution < -0.4 is 0 Å². The fraction of sp³-hybridized carbons (Fsp3) is 0.600. The Labute approximate surface area is 102 Å². The van der Waals surface area contributed by atoms with Crippen LogP contribution in [0, 0.1) is 11.8 Å². The Morgan fingerprint density at radius 1 is 0.778 bits per heavy atom. The lowest BCUT2D eigenvalue weighted by Crippen LogP contribution is -2.41. The monoisotopic (exact) mass is 260 g/mol. The summed E-state index contributed by atoms with van der Waals surface area (Å²) in [5.41, 5.74) is 0. The molecule has 1 aliphatic carbocycles. The Morgan fingerprint density at radius 2 is 1.11 bits per heavy atom. The van der Waals surface area contributed by atoms with Crippen LogP contribution in [0.3, 0.4) is 0 Å². The standard InChI is InChI=1S/C10H12O8/c1-15-9(13)17-7(11)5-3-4-6(5)8(12)18-10(14)16-2/h5-6H,3-4H2,1-2H3. The number of carbonyl (C=O) groups excluding carboxylic acids is 4. The molecule has 1 rings (SSSR count). The predicted molar refractivity (Wildman–Crippen MR) is 53.2 cm³/mol. The van der Waals surface area contributed by atoms with Crippen LogP contribution in [0.2, 0.25) is 0 Å². The molecule has 18 heavy (non-hydrogen) atoms. The smallest absolute Gasteiger partial charge is 0.437 e. The van der Waals surface area contributed by atoms with E-state index in [2.05, 4.69) is 18.9 Å². The van der Waals surface area contributed by atoms with E-state index in [4.69, 9.17) is 0 Å². The minimum Gasteiger partial charge on any atom is -0.437 e. The molecule has 0 aromatic carbocycles. The van der Waals surface area contributed by atoms with Gasteiger partial charge in [0, 0.05) is 0 Å². The number of esters is 2. The molecule has 100 valence electrons. The molecule has 0 bridgehead atoms. The molecule has 0 heterocycles. The largest absolute Gasteiger partial charge is 0.515 e. The summed E-state index contributed by atoms with van der Waals surface area (Å²) in [6.45, 7) is 0. The molecule has 1 fully saturated rings. The molecule has 0 saturated heterocycles. The molecule has 8 heteroatoms. The van der Waals surface area contributed by atoms with Crippen molar-refractivity contribution >= 4 is 24.2 Å². The van der Waals surface area contributed by atoms with Gasteiger partial charge >= 0.3 is 24.2 Å². The van der Waals surface area contributed by atoms with Gasteiger partial charge in [-0.15, -0.1) is 0 Å². The van der Waals surface area contributed by atoms with E-state index in [1.165, 1.54) is 0 Å². The highest BCUT2D eigenvalue weighted by atomic mass is 16.7. The zero-order valence-corrected chi connectivity index (χ0v) is 9.83. The second-order valence-electron chi connectivity index (χ2n) is 3.54. The molecule has 2 unspecified atom stereocenters. The van der Waals surface area contributed by atoms with Gasteiger partial charge in [-0.3, -0.25) is 9.59 Å². The van der Waals surface area contributed by atoms with Crippen LogP contribution in [0.5, 0.6) is 0 Å². The fourth-order valence-corrected chi connectivity index (χ4v) is 1.46. The maximum absolute atomic E-state index is 11.4. The fourth-order valence-electron chi connectivity index (χ4n) is 1.46. The lowest BCUT2D eigenvalue weighted by Gasteiger charge is -2.31. The first-order valence-corrected chi connectivity index (χ1v) is 5.08. The first-order valence-electron chi connectivity index (χ1n) is 5.08. The Balaban J connectivity index is 2.49. The minimum atomic E-state index is -1.15. The molecule has 1 aliphatic rings. The van der Waals surface area contributed by atoms with Crippen molar-refractivity contribution in [1.82, 2.24) is 0 Å². The van der Waals surface area contributed by atoms with Crippen molar-refractivity contribution in [1.29, 1.82) is 0 Å². The molecule has 0 radical (unpaired) electrons. The van der Waals surface area contributed by atoms with Gasteiger partial charge in [0.1, 0.15) is 0 Å². The quantitative estimate of drug-likeness (QED) is 0.525. The summed E-state index contributed by atoms with van der Waals surface area (Å²) < 4.78 is 16.9. The van der Waals surface area contributed by atoms with Crippen molar-refractivity contribution in [2.24, 2.45) is 11.8 Å². The molecular weight excluding hydrogens is 248 g/mol. The van der Waals surface area contributed by atoms with Crippen LogP contribution >= 0.6 is 0 Å². The summed E-state index contributed by atoms with van der Waals surface area (Å²) in [6, 6.07) is 0. The number of ether oxygens (including phenoxy) is 4. The summed E-state index contributed by atoms with van der Waals surface area (Å²) in [4.78, 5) is 44.3. The van der Waals surface area contributed by atoms with E-state index in [-0.39, 0.29) is 0 Å². The van der Waals surface area contributed by atoms with Crippen molar-refractivity contribution < 1.29 is 38.1 Å². The van der Waals surface area contributed by atoms with Gasteiger partial charge in [0.25, 0.3) is 0 Å². The highest BCUT2D eigenvalue weighted by Crippen LogP contribution is 2.36. The Bertz CT molecular complexity index is 338. The third-order valence-corrected chi connectivity index (χ3v) is 2.58. The lowest BCUT2D eigenvalue weighted by molar-refractivity contribution is -0.162. The number of hydrogen-bond acceptors (Lipinski definition) is 8. The van der Waals surface area contributed by atoms with Crippen LogP contribution in [0.15, 0.2) is 0 Å². The number of hydrogen-bond donors (Lipinski definition) is 0. The molecule has 2 atom stereocenters. The van der Waals surface area contributed by atoms with Crippen molar-refractivity contribution in [2.45, 2.75) is 12.8 Å². The molecule has 0 aromatic heterocycles. The van der Waals surface area contributed by atoms with Gasteiger partial charge in [0.15, 0.2) is 0 Å². The van der Waals surface area contributed by atoms with Crippen molar-refractivity contribution in [2.75, 3.05) is 14.2 Å². The van der Waals surface area contributed by atoms with Gasteiger partial charge in [-0.1, -0.05) is 0 Å². The zero-order valence-electron chi connectivity index (χ0n) is 9.83. The van der Waals surface area contributed by atoms with Gasteiger partial charge in [0.05, 0.1) is 26.1 Å². The van der Waals surface area contributed by atoms with Crippen LogP contribution in [0.25, 0.3) is 0 Å². The van der Waals surface area contributed by atoms with E-state index < -0.39 is 36.1 Å². The van der Waals surface area contributed by atoms with Crippen LogP contribution in [-0.4, -0.2) is 38.5 Å². The van der Waals surface area contributed by atoms with Crippen LogP contribution in [0.4, 0.5) is 9.59 Å². The highest BCUT2D eigenvalue weighted by Gasteiger charge is 2.45. The molecule has 0 spiro atoms. The maximum atomic E-state index is 11.4. The number of rotatable bonds is 2. The van der Waals surface area contributed by atoms with E-state index in [1.807, 2.05) is 0 Å². The van der Waals surface area contributed by atoms with Crippen LogP contribution in [-0.2, 0) is 28.5 Å². The summed E-state index contributed by atoms with van der Waals surface area (Å²) in [6.07, 6.45) is -1.55. The second kappa shape index (κ2) is 5.99. The normalized spacial score (nSPS) is 21.2. The van der Waals surface area contributed by atoms with Gasteiger partial charge in [0.2, 0.25) is 0 Å². The Kier molecular flexibility index (Phi) is 4.64. The average molecular weight is 260 g/mol. The van der Waals surface area contributed by atoms with E-state index >= 15 is 0 Å². The molecule has 8 nitrogen and oxygen atoms in total. The minimum absolute atomic E-state index is 0.372. The average Bonchev–Trinajstić information content (AvgIpc) is 2.26. The highest BCUT2D eigenvalue weighted by molar-refractivity contribution is 5.91. The molecule has 0 aliphatic heterocycles. The van der Waals surface area contributed by atoms with E-state index in [1.54, 1.807) is 0 Å². The van der Waals surface area contributed by atoms with Crippen molar-refractivity contribution in [3.63, 3.8) is 0 Å². The Hall–Kier alpha value is -2.12. The number of carbonyl (C=O) groups is 4. The topological polar surface area (TPSA) is 105 Å². The predicted octanol–water partition coefficient (Wildman–Crippen LogP) is 0.632. The van der Waals surface area contributed by atoms with E-state index in [0.717, 1.165) is 14.2 Å².